The molecule has 0 radical (unpaired) electrons. The number of alkyl halides is 3. The highest BCUT2D eigenvalue weighted by Crippen LogP contribution is 2.34. The number of nitrogens with zero attached hydrogens (tertiary/aromatic N) is 4. The summed E-state index contributed by atoms with van der Waals surface area (Å²) in [5, 5.41) is 2.80. The molecule has 3 heterocycles. The summed E-state index contributed by atoms with van der Waals surface area (Å²) in [7, 11) is 0. The number of halogens is 3. The summed E-state index contributed by atoms with van der Waals surface area (Å²) in [5.74, 6) is 0.907. The molecule has 146 valence electrons. The van der Waals surface area contributed by atoms with Crippen LogP contribution in [0.1, 0.15) is 43.4 Å². The van der Waals surface area contributed by atoms with Gasteiger partial charge in [0.1, 0.15) is 18.2 Å². The van der Waals surface area contributed by atoms with Crippen LogP contribution in [0.5, 0.6) is 0 Å². The van der Waals surface area contributed by atoms with E-state index in [1.54, 1.807) is 0 Å². The summed E-state index contributed by atoms with van der Waals surface area (Å²) < 4.78 is 40.6. The molecule has 5 nitrogen and oxygen atoms in total. The van der Waals surface area contributed by atoms with Crippen molar-refractivity contribution < 1.29 is 13.2 Å². The van der Waals surface area contributed by atoms with E-state index < -0.39 is 12.2 Å². The third-order valence-electron chi connectivity index (χ3n) is 4.83. The maximum Gasteiger partial charge on any atom is 0.407 e. The zero-order chi connectivity index (χ0) is 19.3. The second kappa shape index (κ2) is 8.65. The van der Waals surface area contributed by atoms with Crippen molar-refractivity contribution in [3.63, 3.8) is 0 Å². The average Bonchev–Trinajstić information content (AvgIpc) is 2.67. The lowest BCUT2D eigenvalue weighted by Gasteiger charge is -2.36. The number of hydrogen-bond acceptors (Lipinski definition) is 5. The van der Waals surface area contributed by atoms with Gasteiger partial charge in [0.15, 0.2) is 0 Å². The SMILES string of the molecule is CCCc1cncnc1N1CCC(NC(c2cccnc2)C(F)(F)F)CC1. The van der Waals surface area contributed by atoms with E-state index in [0.29, 0.717) is 25.9 Å². The molecule has 1 aliphatic rings. The maximum absolute atomic E-state index is 13.5. The first-order valence-electron chi connectivity index (χ1n) is 9.25. The molecule has 1 aliphatic heterocycles. The minimum atomic E-state index is -4.36. The molecule has 0 saturated carbocycles. The molecule has 1 N–H and O–H groups in total. The van der Waals surface area contributed by atoms with E-state index in [9.17, 15) is 13.2 Å². The Balaban J connectivity index is 1.65. The lowest BCUT2D eigenvalue weighted by atomic mass is 10.0. The number of rotatable bonds is 6. The fourth-order valence-electron chi connectivity index (χ4n) is 3.50. The smallest absolute Gasteiger partial charge is 0.356 e. The van der Waals surface area contributed by atoms with Gasteiger partial charge in [-0.15, -0.1) is 0 Å². The molecule has 0 spiro atoms. The molecule has 0 amide bonds. The first-order chi connectivity index (χ1) is 13.0. The number of hydrogen-bond donors (Lipinski definition) is 1. The molecule has 1 unspecified atom stereocenters. The standard InChI is InChI=1S/C19H24F3N5/c1-2-4-15-12-24-13-25-18(15)27-9-6-16(7-10-27)26-17(19(20,21)22)14-5-3-8-23-11-14/h3,5,8,11-13,16-17,26H,2,4,6-7,9-10H2,1H3. The molecule has 0 aromatic carbocycles. The van der Waals surface area contributed by atoms with Gasteiger partial charge in [0.25, 0.3) is 0 Å². The van der Waals surface area contributed by atoms with E-state index in [1.807, 2.05) is 6.20 Å². The zero-order valence-electron chi connectivity index (χ0n) is 15.3. The van der Waals surface area contributed by atoms with E-state index >= 15 is 0 Å². The fourth-order valence-corrected chi connectivity index (χ4v) is 3.50. The molecule has 0 bridgehead atoms. The number of aromatic nitrogens is 3. The van der Waals surface area contributed by atoms with Crippen molar-refractivity contribution in [1.82, 2.24) is 20.3 Å². The minimum absolute atomic E-state index is 0.147. The van der Waals surface area contributed by atoms with Crippen LogP contribution in [0.15, 0.2) is 37.1 Å². The summed E-state index contributed by atoms with van der Waals surface area (Å²) in [5.41, 5.74) is 1.24. The Morgan fingerprint density at radius 1 is 1.22 bits per heavy atom. The molecule has 2 aromatic rings. The van der Waals surface area contributed by atoms with Crippen LogP contribution in [0, 0.1) is 0 Å². The van der Waals surface area contributed by atoms with Crippen molar-refractivity contribution in [3.8, 4) is 0 Å². The first kappa shape index (κ1) is 19.5. The molecular formula is C19H24F3N5. The molecule has 8 heteroatoms. The van der Waals surface area contributed by atoms with Crippen LogP contribution in [-0.4, -0.2) is 40.3 Å². The Morgan fingerprint density at radius 3 is 2.63 bits per heavy atom. The van der Waals surface area contributed by atoms with Crippen molar-refractivity contribution >= 4 is 5.82 Å². The highest BCUT2D eigenvalue weighted by molar-refractivity contribution is 5.46. The summed E-state index contributed by atoms with van der Waals surface area (Å²) in [4.78, 5) is 14.5. The summed E-state index contributed by atoms with van der Waals surface area (Å²) >= 11 is 0. The summed E-state index contributed by atoms with van der Waals surface area (Å²) in [6, 6.07) is 1.09. The van der Waals surface area contributed by atoms with Crippen LogP contribution < -0.4 is 10.2 Å². The number of anilines is 1. The quantitative estimate of drug-likeness (QED) is 0.830. The Labute approximate surface area is 157 Å². The van der Waals surface area contributed by atoms with E-state index in [2.05, 4.69) is 32.1 Å². The molecule has 0 aliphatic carbocycles. The molecule has 1 atom stereocenters. The maximum atomic E-state index is 13.5. The topological polar surface area (TPSA) is 53.9 Å². The van der Waals surface area contributed by atoms with E-state index in [0.717, 1.165) is 24.2 Å². The van der Waals surface area contributed by atoms with Crippen LogP contribution >= 0.6 is 0 Å². The summed E-state index contributed by atoms with van der Waals surface area (Å²) in [6.07, 6.45) is 4.90. The number of aryl methyl sites for hydroxylation is 1. The van der Waals surface area contributed by atoms with Crippen LogP contribution in [0.25, 0.3) is 0 Å². The molecule has 27 heavy (non-hydrogen) atoms. The highest BCUT2D eigenvalue weighted by atomic mass is 19.4. The molecular weight excluding hydrogens is 355 g/mol. The zero-order valence-corrected chi connectivity index (χ0v) is 15.3. The van der Waals surface area contributed by atoms with E-state index in [1.165, 1.54) is 30.9 Å². The van der Waals surface area contributed by atoms with Crippen molar-refractivity contribution in [2.24, 2.45) is 0 Å². The van der Waals surface area contributed by atoms with Gasteiger partial charge in [-0.2, -0.15) is 13.2 Å². The Bertz CT molecular complexity index is 715. The third kappa shape index (κ3) is 4.94. The van der Waals surface area contributed by atoms with Gasteiger partial charge in [0.05, 0.1) is 0 Å². The van der Waals surface area contributed by atoms with Gasteiger partial charge >= 0.3 is 6.18 Å². The Kier molecular flexibility index (Phi) is 6.26. The van der Waals surface area contributed by atoms with Crippen LogP contribution in [-0.2, 0) is 6.42 Å². The Morgan fingerprint density at radius 2 is 2.00 bits per heavy atom. The largest absolute Gasteiger partial charge is 0.407 e. The molecule has 2 aromatic heterocycles. The monoisotopic (exact) mass is 379 g/mol. The Hall–Kier alpha value is -2.22. The lowest BCUT2D eigenvalue weighted by molar-refractivity contribution is -0.160. The van der Waals surface area contributed by atoms with Gasteiger partial charge in [-0.3, -0.25) is 10.3 Å². The third-order valence-corrected chi connectivity index (χ3v) is 4.83. The van der Waals surface area contributed by atoms with E-state index in [-0.39, 0.29) is 11.6 Å². The predicted octanol–water partition coefficient (Wildman–Crippen LogP) is 3.69. The number of piperidine rings is 1. The molecule has 1 fully saturated rings. The minimum Gasteiger partial charge on any atom is -0.356 e. The van der Waals surface area contributed by atoms with Crippen molar-refractivity contribution in [1.29, 1.82) is 0 Å². The highest BCUT2D eigenvalue weighted by Gasteiger charge is 2.42. The van der Waals surface area contributed by atoms with Crippen LogP contribution in [0.4, 0.5) is 19.0 Å². The van der Waals surface area contributed by atoms with Crippen molar-refractivity contribution in [3.05, 3.63) is 48.2 Å². The number of nitrogens with one attached hydrogen (secondary N) is 1. The second-order valence-corrected chi connectivity index (χ2v) is 6.81. The van der Waals surface area contributed by atoms with Gasteiger partial charge in [0, 0.05) is 43.3 Å². The molecule has 3 rings (SSSR count). The normalized spacial score (nSPS) is 17.1. The lowest BCUT2D eigenvalue weighted by Crippen LogP contribution is -2.47. The summed E-state index contributed by atoms with van der Waals surface area (Å²) in [6.45, 7) is 3.44. The van der Waals surface area contributed by atoms with Gasteiger partial charge in [0.2, 0.25) is 0 Å². The van der Waals surface area contributed by atoms with Gasteiger partial charge < -0.3 is 4.90 Å². The van der Waals surface area contributed by atoms with E-state index in [4.69, 9.17) is 0 Å². The fraction of sp³-hybridized carbons (Fsp3) is 0.526. The predicted molar refractivity (Wildman–Crippen MR) is 97.4 cm³/mol. The second-order valence-electron chi connectivity index (χ2n) is 6.81. The van der Waals surface area contributed by atoms with Gasteiger partial charge in [-0.25, -0.2) is 9.97 Å². The van der Waals surface area contributed by atoms with Crippen molar-refractivity contribution in [2.45, 2.75) is 50.9 Å². The van der Waals surface area contributed by atoms with Crippen LogP contribution in [0.3, 0.4) is 0 Å². The van der Waals surface area contributed by atoms with Crippen LogP contribution in [0.2, 0.25) is 0 Å². The molecule has 1 saturated heterocycles. The van der Waals surface area contributed by atoms with Crippen molar-refractivity contribution in [2.75, 3.05) is 18.0 Å². The van der Waals surface area contributed by atoms with Gasteiger partial charge in [-0.05, 0) is 30.9 Å². The average molecular weight is 379 g/mol. The van der Waals surface area contributed by atoms with Gasteiger partial charge in [-0.1, -0.05) is 19.4 Å². The first-order valence-corrected chi connectivity index (χ1v) is 9.25. The number of pyridine rings is 1.